The molecule has 4 nitrogen and oxygen atoms in total. The predicted molar refractivity (Wildman–Crippen MR) is 42.9 cm³/mol. The smallest absolute Gasteiger partial charge is 0.238 e. The summed E-state index contributed by atoms with van der Waals surface area (Å²) in [5.41, 5.74) is 0. The van der Waals surface area contributed by atoms with E-state index in [2.05, 4.69) is 4.18 Å². The maximum atomic E-state index is 12.7. The topological polar surface area (TPSA) is 52.6 Å². The van der Waals surface area contributed by atoms with Gasteiger partial charge in [-0.2, -0.15) is 65.3 Å². The van der Waals surface area contributed by atoms with Crippen molar-refractivity contribution >= 4 is 10.4 Å². The van der Waals surface area contributed by atoms with E-state index in [0.29, 0.717) is 0 Å². The first-order valence-corrected chi connectivity index (χ1v) is 5.86. The molecule has 140 valence electrons. The van der Waals surface area contributed by atoms with E-state index >= 15 is 0 Å². The highest BCUT2D eigenvalue weighted by Crippen LogP contribution is 2.53. The molecule has 23 heavy (non-hydrogen) atoms. The number of alkyl halides is 12. The van der Waals surface area contributed by atoms with Crippen LogP contribution in [0.25, 0.3) is 0 Å². The minimum Gasteiger partial charge on any atom is -0.238 e. The highest BCUT2D eigenvalue weighted by Gasteiger charge is 2.83. The van der Waals surface area contributed by atoms with E-state index in [1.54, 1.807) is 0 Å². The molecule has 0 aromatic rings. The first-order valence-electron chi connectivity index (χ1n) is 4.53. The zero-order chi connectivity index (χ0) is 19.1. The van der Waals surface area contributed by atoms with E-state index in [9.17, 15) is 61.1 Å². The Bertz CT molecular complexity index is 517. The van der Waals surface area contributed by atoms with Gasteiger partial charge in [-0.3, -0.25) is 0 Å². The summed E-state index contributed by atoms with van der Waals surface area (Å²) < 4.78 is 170. The predicted octanol–water partition coefficient (Wildman–Crippen LogP) is 3.25. The Balaban J connectivity index is 5.49. The summed E-state index contributed by atoms with van der Waals surface area (Å²) >= 11 is 0. The van der Waals surface area contributed by atoms with E-state index in [4.69, 9.17) is 0 Å². The van der Waals surface area contributed by atoms with Crippen molar-refractivity contribution in [1.82, 2.24) is 0 Å². The fourth-order valence-electron chi connectivity index (χ4n) is 0.704. The van der Waals surface area contributed by atoms with Crippen LogP contribution in [-0.4, -0.2) is 45.3 Å². The van der Waals surface area contributed by atoms with Gasteiger partial charge >= 0.3 is 40.7 Å². The molecule has 0 rings (SSSR count). The maximum absolute atomic E-state index is 12.7. The fourth-order valence-corrected chi connectivity index (χ4v) is 1.39. The molecule has 0 aromatic carbocycles. The Morgan fingerprint density at radius 1 is 0.696 bits per heavy atom. The summed E-state index contributed by atoms with van der Waals surface area (Å²) in [6.07, 6.45) is -19.9. The van der Waals surface area contributed by atoms with E-state index in [0.717, 1.165) is 0 Å². The van der Waals surface area contributed by atoms with Crippen molar-refractivity contribution in [1.29, 1.82) is 0 Å². The Labute approximate surface area is 118 Å². The summed E-state index contributed by atoms with van der Waals surface area (Å²) in [6, 6.07) is 0. The molecule has 0 fully saturated rings. The third-order valence-electron chi connectivity index (χ3n) is 1.69. The third kappa shape index (κ3) is 5.00. The number of rotatable bonds is 6. The van der Waals surface area contributed by atoms with Gasteiger partial charge in [0.25, 0.3) is 0 Å². The van der Waals surface area contributed by atoms with Crippen LogP contribution < -0.4 is 0 Å². The van der Waals surface area contributed by atoms with Gasteiger partial charge in [0.1, 0.15) is 0 Å². The third-order valence-corrected chi connectivity index (χ3v) is 2.51. The second-order valence-corrected chi connectivity index (χ2v) is 4.75. The van der Waals surface area contributed by atoms with Crippen LogP contribution in [0.3, 0.4) is 0 Å². The van der Waals surface area contributed by atoms with Crippen LogP contribution in [0.5, 0.6) is 0 Å². The first kappa shape index (κ1) is 22.0. The van der Waals surface area contributed by atoms with Crippen molar-refractivity contribution in [2.24, 2.45) is 0 Å². The zero-order valence-electron chi connectivity index (χ0n) is 9.78. The number of hydrogen-bond acceptors (Lipinski definition) is 4. The van der Waals surface area contributed by atoms with Crippen molar-refractivity contribution < 1.29 is 69.5 Å². The van der Waals surface area contributed by atoms with Crippen molar-refractivity contribution in [2.75, 3.05) is 6.61 Å². The van der Waals surface area contributed by atoms with Crippen LogP contribution in [0.1, 0.15) is 0 Å². The lowest BCUT2D eigenvalue weighted by molar-refractivity contribution is -0.429. The maximum Gasteiger partial charge on any atom is 0.460 e. The molecule has 0 aliphatic rings. The van der Waals surface area contributed by atoms with E-state index < -0.39 is 47.3 Å². The molecule has 0 saturated carbocycles. The van der Waals surface area contributed by atoms with E-state index in [-0.39, 0.29) is 0 Å². The molecule has 0 amide bonds. The lowest BCUT2D eigenvalue weighted by atomic mass is 10.1. The summed E-state index contributed by atoms with van der Waals surface area (Å²) in [7, 11) is -6.71. The highest BCUT2D eigenvalue weighted by molar-refractivity contribution is 7.81. The summed E-state index contributed by atoms with van der Waals surface area (Å²) in [6.45, 7) is -2.90. The standard InChI is InChI=1S/C6H2F12O4S/c7-2(8,9)1-21-23(19,20)22-6(17,18)4(12,13)3(10,11)5(14,15)16/h1H2. The monoisotopic (exact) mass is 398 g/mol. The molecule has 0 radical (unpaired) electrons. The van der Waals surface area contributed by atoms with Gasteiger partial charge in [-0.05, 0) is 0 Å². The molecule has 17 heteroatoms. The van der Waals surface area contributed by atoms with Crippen molar-refractivity contribution in [3.05, 3.63) is 0 Å². The quantitative estimate of drug-likeness (QED) is 0.645. The van der Waals surface area contributed by atoms with Crippen molar-refractivity contribution in [3.63, 3.8) is 0 Å². The Kier molecular flexibility index (Phi) is 5.59. The normalized spacial score (nSPS) is 15.8. The fraction of sp³-hybridized carbons (Fsp3) is 1.00. The number of halogens is 12. The average molecular weight is 398 g/mol. The molecule has 0 N–H and O–H groups in total. The van der Waals surface area contributed by atoms with Crippen molar-refractivity contribution in [3.8, 4) is 0 Å². The van der Waals surface area contributed by atoms with Gasteiger partial charge in [0.15, 0.2) is 6.61 Å². The van der Waals surface area contributed by atoms with Crippen LogP contribution in [0.4, 0.5) is 52.7 Å². The average Bonchev–Trinajstić information content (AvgIpc) is 2.22. The van der Waals surface area contributed by atoms with Gasteiger partial charge in [-0.1, -0.05) is 0 Å². The minimum absolute atomic E-state index is 1.95. The molecule has 0 atom stereocenters. The minimum atomic E-state index is -7.49. The van der Waals surface area contributed by atoms with Crippen molar-refractivity contribution in [2.45, 2.75) is 30.3 Å². The molecule has 0 saturated heterocycles. The molecular formula is C6H2F12O4S. The summed E-state index contributed by atoms with van der Waals surface area (Å²) in [4.78, 5) is 0. The molecule has 0 bridgehead atoms. The molecule has 0 aromatic heterocycles. The van der Waals surface area contributed by atoms with Crippen LogP contribution in [-0.2, 0) is 18.8 Å². The van der Waals surface area contributed by atoms with Gasteiger partial charge in [-0.15, -0.1) is 0 Å². The molecule has 0 spiro atoms. The van der Waals surface area contributed by atoms with E-state index in [1.165, 1.54) is 0 Å². The van der Waals surface area contributed by atoms with Crippen LogP contribution in [0.2, 0.25) is 0 Å². The van der Waals surface area contributed by atoms with Gasteiger partial charge < -0.3 is 0 Å². The molecule has 0 aliphatic heterocycles. The van der Waals surface area contributed by atoms with Gasteiger partial charge in [-0.25, -0.2) is 4.18 Å². The molecule has 0 heterocycles. The Hall–Kier alpha value is -0.970. The number of hydrogen-bond donors (Lipinski definition) is 0. The zero-order valence-corrected chi connectivity index (χ0v) is 10.6. The SMILES string of the molecule is O=S(=O)(OCC(F)(F)F)OC(F)(F)C(F)(F)C(F)(F)C(F)(F)F. The van der Waals surface area contributed by atoms with E-state index in [1.807, 2.05) is 4.18 Å². The van der Waals surface area contributed by atoms with Gasteiger partial charge in [0, 0.05) is 0 Å². The molecular weight excluding hydrogens is 396 g/mol. The van der Waals surface area contributed by atoms with Crippen LogP contribution in [0, 0.1) is 0 Å². The Morgan fingerprint density at radius 3 is 1.39 bits per heavy atom. The van der Waals surface area contributed by atoms with Crippen LogP contribution >= 0.6 is 0 Å². The Morgan fingerprint density at radius 2 is 1.09 bits per heavy atom. The van der Waals surface area contributed by atoms with Gasteiger partial charge in [0.2, 0.25) is 0 Å². The van der Waals surface area contributed by atoms with Crippen LogP contribution in [0.15, 0.2) is 0 Å². The summed E-state index contributed by atoms with van der Waals surface area (Å²) in [5.74, 6) is -15.0. The second-order valence-electron chi connectivity index (χ2n) is 3.53. The molecule has 0 unspecified atom stereocenters. The first-order chi connectivity index (χ1) is 9.66. The largest absolute Gasteiger partial charge is 0.460 e. The summed E-state index contributed by atoms with van der Waals surface area (Å²) in [5, 5.41) is 0. The highest BCUT2D eigenvalue weighted by atomic mass is 32.3. The molecule has 0 aliphatic carbocycles. The van der Waals surface area contributed by atoms with Gasteiger partial charge in [0.05, 0.1) is 0 Å². The second kappa shape index (κ2) is 5.83. The lowest BCUT2D eigenvalue weighted by Gasteiger charge is -2.32. The lowest BCUT2D eigenvalue weighted by Crippen LogP contribution is -2.62.